The molecule has 1 saturated heterocycles. The fourth-order valence-corrected chi connectivity index (χ4v) is 1.61. The van der Waals surface area contributed by atoms with Crippen LogP contribution < -0.4 is 4.90 Å². The quantitative estimate of drug-likeness (QED) is 0.838. The van der Waals surface area contributed by atoms with Gasteiger partial charge in [-0.1, -0.05) is 6.07 Å². The molecule has 2 rings (SSSR count). The molecule has 1 aromatic rings. The van der Waals surface area contributed by atoms with E-state index in [1.165, 1.54) is 4.90 Å². The molecular weight excluding hydrogens is 232 g/mol. The molecule has 1 amide bonds. The monoisotopic (exact) mass is 242 g/mol. The summed E-state index contributed by atoms with van der Waals surface area (Å²) in [7, 11) is 0. The zero-order valence-electron chi connectivity index (χ0n) is 8.37. The molecule has 1 fully saturated rings. The summed E-state index contributed by atoms with van der Waals surface area (Å²) in [6, 6.07) is 5.21. The van der Waals surface area contributed by atoms with Gasteiger partial charge in [-0.2, -0.15) is 0 Å². The molecule has 6 heteroatoms. The SMILES string of the molecule is Cl.O=C(O)C1CC(=O)N(c2ccccn2)C1. The largest absolute Gasteiger partial charge is 0.481 e. The molecule has 2 heterocycles. The van der Waals surface area contributed by atoms with E-state index in [2.05, 4.69) is 4.98 Å². The Bertz CT molecular complexity index is 396. The Morgan fingerprint density at radius 2 is 2.25 bits per heavy atom. The van der Waals surface area contributed by atoms with Crippen LogP contribution in [0, 0.1) is 5.92 Å². The maximum absolute atomic E-state index is 11.5. The molecule has 0 bridgehead atoms. The maximum Gasteiger partial charge on any atom is 0.308 e. The summed E-state index contributed by atoms with van der Waals surface area (Å²) in [6.07, 6.45) is 1.64. The fraction of sp³-hybridized carbons (Fsp3) is 0.300. The number of carboxylic acids is 1. The zero-order valence-corrected chi connectivity index (χ0v) is 9.18. The van der Waals surface area contributed by atoms with Crippen LogP contribution in [-0.4, -0.2) is 28.5 Å². The lowest BCUT2D eigenvalue weighted by atomic mass is 10.1. The van der Waals surface area contributed by atoms with Crippen molar-refractivity contribution in [3.8, 4) is 0 Å². The number of carbonyl (C=O) groups is 2. The van der Waals surface area contributed by atoms with Crippen molar-refractivity contribution in [2.24, 2.45) is 5.92 Å². The second kappa shape index (κ2) is 4.94. The highest BCUT2D eigenvalue weighted by atomic mass is 35.5. The molecule has 0 saturated carbocycles. The van der Waals surface area contributed by atoms with Gasteiger partial charge in [0.15, 0.2) is 0 Å². The first-order valence-corrected chi connectivity index (χ1v) is 4.62. The number of carboxylic acid groups (broad SMARTS) is 1. The highest BCUT2D eigenvalue weighted by Gasteiger charge is 2.35. The highest BCUT2D eigenvalue weighted by molar-refractivity contribution is 5.98. The Labute approximate surface area is 98.5 Å². The van der Waals surface area contributed by atoms with Crippen LogP contribution in [0.1, 0.15) is 6.42 Å². The minimum absolute atomic E-state index is 0. The van der Waals surface area contributed by atoms with E-state index in [1.807, 2.05) is 0 Å². The van der Waals surface area contributed by atoms with E-state index in [9.17, 15) is 9.59 Å². The second-order valence-electron chi connectivity index (χ2n) is 3.43. The van der Waals surface area contributed by atoms with E-state index in [-0.39, 0.29) is 31.3 Å². The lowest BCUT2D eigenvalue weighted by Gasteiger charge is -2.13. The Morgan fingerprint density at radius 1 is 1.50 bits per heavy atom. The van der Waals surface area contributed by atoms with Crippen LogP contribution in [0.2, 0.25) is 0 Å². The standard InChI is InChI=1S/C10H10N2O3.ClH/c13-9-5-7(10(14)15)6-12(9)8-3-1-2-4-11-8;/h1-4,7H,5-6H2,(H,14,15);1H. The van der Waals surface area contributed by atoms with Crippen LogP contribution in [0.15, 0.2) is 24.4 Å². The van der Waals surface area contributed by atoms with Crippen LogP contribution in [0.3, 0.4) is 0 Å². The predicted octanol–water partition coefficient (Wildman–Crippen LogP) is 0.941. The number of aromatic nitrogens is 1. The first-order valence-electron chi connectivity index (χ1n) is 4.62. The van der Waals surface area contributed by atoms with Gasteiger partial charge < -0.3 is 5.11 Å². The van der Waals surface area contributed by atoms with Gasteiger partial charge in [0.1, 0.15) is 5.82 Å². The number of aliphatic carboxylic acids is 1. The molecule has 0 radical (unpaired) electrons. The molecule has 1 aliphatic rings. The van der Waals surface area contributed by atoms with E-state index in [1.54, 1.807) is 24.4 Å². The zero-order chi connectivity index (χ0) is 10.8. The van der Waals surface area contributed by atoms with E-state index in [0.717, 1.165) is 0 Å². The van der Waals surface area contributed by atoms with Gasteiger partial charge >= 0.3 is 5.97 Å². The average molecular weight is 243 g/mol. The molecule has 1 N–H and O–H groups in total. The molecule has 86 valence electrons. The number of hydrogen-bond donors (Lipinski definition) is 1. The van der Waals surface area contributed by atoms with E-state index >= 15 is 0 Å². The molecule has 16 heavy (non-hydrogen) atoms. The van der Waals surface area contributed by atoms with Crippen molar-refractivity contribution in [3.05, 3.63) is 24.4 Å². The van der Waals surface area contributed by atoms with Gasteiger partial charge in [0.2, 0.25) is 5.91 Å². The first kappa shape index (κ1) is 12.4. The number of nitrogens with zero attached hydrogens (tertiary/aromatic N) is 2. The fourth-order valence-electron chi connectivity index (χ4n) is 1.61. The Morgan fingerprint density at radius 3 is 2.75 bits per heavy atom. The van der Waals surface area contributed by atoms with Crippen LogP contribution in [-0.2, 0) is 9.59 Å². The summed E-state index contributed by atoms with van der Waals surface area (Å²) in [5.41, 5.74) is 0. The van der Waals surface area contributed by atoms with Crippen molar-refractivity contribution in [2.75, 3.05) is 11.4 Å². The lowest BCUT2D eigenvalue weighted by Crippen LogP contribution is -2.26. The van der Waals surface area contributed by atoms with Crippen molar-refractivity contribution >= 4 is 30.1 Å². The number of pyridine rings is 1. The molecule has 5 nitrogen and oxygen atoms in total. The van der Waals surface area contributed by atoms with Crippen molar-refractivity contribution in [2.45, 2.75) is 6.42 Å². The first-order chi connectivity index (χ1) is 7.18. The summed E-state index contributed by atoms with van der Waals surface area (Å²) in [4.78, 5) is 27.7. The molecular formula is C10H11ClN2O3. The molecule has 1 atom stereocenters. The third kappa shape index (κ3) is 2.30. The van der Waals surface area contributed by atoms with Gasteiger partial charge in [0.25, 0.3) is 0 Å². The third-order valence-corrected chi connectivity index (χ3v) is 2.40. The number of carbonyl (C=O) groups excluding carboxylic acids is 1. The summed E-state index contributed by atoms with van der Waals surface area (Å²) in [6.45, 7) is 0.213. The minimum Gasteiger partial charge on any atom is -0.481 e. The number of amides is 1. The number of halogens is 1. The Hall–Kier alpha value is -1.62. The summed E-state index contributed by atoms with van der Waals surface area (Å²) < 4.78 is 0. The van der Waals surface area contributed by atoms with E-state index < -0.39 is 11.9 Å². The molecule has 1 aromatic heterocycles. The number of anilines is 1. The number of rotatable bonds is 2. The summed E-state index contributed by atoms with van der Waals surface area (Å²) >= 11 is 0. The van der Waals surface area contributed by atoms with Crippen molar-refractivity contribution in [1.82, 2.24) is 4.98 Å². The van der Waals surface area contributed by atoms with Crippen LogP contribution >= 0.6 is 12.4 Å². The number of hydrogen-bond acceptors (Lipinski definition) is 3. The van der Waals surface area contributed by atoms with Crippen LogP contribution in [0.4, 0.5) is 5.82 Å². The Kier molecular flexibility index (Phi) is 3.84. The van der Waals surface area contributed by atoms with E-state index in [0.29, 0.717) is 5.82 Å². The molecule has 1 unspecified atom stereocenters. The summed E-state index contributed by atoms with van der Waals surface area (Å²) in [5.74, 6) is -1.20. The highest BCUT2D eigenvalue weighted by Crippen LogP contribution is 2.22. The van der Waals surface area contributed by atoms with Crippen molar-refractivity contribution in [1.29, 1.82) is 0 Å². The molecule has 1 aliphatic heterocycles. The third-order valence-electron chi connectivity index (χ3n) is 2.40. The second-order valence-corrected chi connectivity index (χ2v) is 3.43. The maximum atomic E-state index is 11.5. The van der Waals surface area contributed by atoms with Gasteiger partial charge in [-0.25, -0.2) is 4.98 Å². The van der Waals surface area contributed by atoms with Gasteiger partial charge in [-0.3, -0.25) is 14.5 Å². The van der Waals surface area contributed by atoms with Gasteiger partial charge in [-0.05, 0) is 12.1 Å². The molecule has 0 spiro atoms. The van der Waals surface area contributed by atoms with Crippen LogP contribution in [0.25, 0.3) is 0 Å². The van der Waals surface area contributed by atoms with Crippen molar-refractivity contribution in [3.63, 3.8) is 0 Å². The van der Waals surface area contributed by atoms with E-state index in [4.69, 9.17) is 5.11 Å². The molecule has 0 aliphatic carbocycles. The topological polar surface area (TPSA) is 70.5 Å². The predicted molar refractivity (Wildman–Crippen MR) is 59.6 cm³/mol. The smallest absolute Gasteiger partial charge is 0.308 e. The van der Waals surface area contributed by atoms with Crippen molar-refractivity contribution < 1.29 is 14.7 Å². The molecule has 0 aromatic carbocycles. The normalized spacial score (nSPS) is 19.4. The van der Waals surface area contributed by atoms with Gasteiger partial charge in [-0.15, -0.1) is 12.4 Å². The van der Waals surface area contributed by atoms with Gasteiger partial charge in [0, 0.05) is 19.2 Å². The average Bonchev–Trinajstić information content (AvgIpc) is 2.62. The lowest BCUT2D eigenvalue weighted by molar-refractivity contribution is -0.141. The van der Waals surface area contributed by atoms with Crippen LogP contribution in [0.5, 0.6) is 0 Å². The minimum atomic E-state index is -0.929. The Balaban J connectivity index is 0.00000128. The van der Waals surface area contributed by atoms with Gasteiger partial charge in [0.05, 0.1) is 5.92 Å². The summed E-state index contributed by atoms with van der Waals surface area (Å²) in [5, 5.41) is 8.80.